The minimum atomic E-state index is -0.621. The lowest BCUT2D eigenvalue weighted by molar-refractivity contribution is 0.0113. The Balaban J connectivity index is 1.79. The third kappa shape index (κ3) is 4.44. The number of benzene rings is 1. The minimum absolute atomic E-state index is 0.214. The van der Waals surface area contributed by atoms with Crippen molar-refractivity contribution in [1.29, 1.82) is 0 Å². The first kappa shape index (κ1) is 15.8. The number of aryl methyl sites for hydroxylation is 1. The van der Waals surface area contributed by atoms with Gasteiger partial charge in [0.05, 0.1) is 12.3 Å². The normalized spacial score (nSPS) is 17.0. The van der Waals surface area contributed by atoms with Crippen molar-refractivity contribution in [3.8, 4) is 5.75 Å². The van der Waals surface area contributed by atoms with E-state index in [0.717, 1.165) is 48.3 Å². The van der Waals surface area contributed by atoms with E-state index in [-0.39, 0.29) is 6.61 Å². The van der Waals surface area contributed by atoms with E-state index in [1.54, 1.807) is 0 Å². The highest BCUT2D eigenvalue weighted by atomic mass is 16.5. The lowest BCUT2D eigenvalue weighted by Gasteiger charge is -2.13. The summed E-state index contributed by atoms with van der Waals surface area (Å²) in [5, 5.41) is 22.0. The summed E-state index contributed by atoms with van der Waals surface area (Å²) in [7, 11) is 0. The Morgan fingerprint density at radius 2 is 2.14 bits per heavy atom. The van der Waals surface area contributed by atoms with Crippen LogP contribution in [0.5, 0.6) is 5.75 Å². The van der Waals surface area contributed by atoms with Crippen LogP contribution in [0.15, 0.2) is 23.4 Å². The topological polar surface area (TPSA) is 71.3 Å². The highest BCUT2D eigenvalue weighted by Gasteiger charge is 2.18. The van der Waals surface area contributed by atoms with Gasteiger partial charge in [-0.15, -0.1) is 0 Å². The maximum absolute atomic E-state index is 9.78. The van der Waals surface area contributed by atoms with Crippen molar-refractivity contribution >= 4 is 5.71 Å². The molecule has 1 unspecified atom stereocenters. The third-order valence-electron chi connectivity index (χ3n) is 3.53. The van der Waals surface area contributed by atoms with Crippen LogP contribution < -0.4 is 4.74 Å². The first-order valence-electron chi connectivity index (χ1n) is 7.47. The molecule has 0 bridgehead atoms. The molecule has 116 valence electrons. The van der Waals surface area contributed by atoms with Crippen LogP contribution in [0.3, 0.4) is 0 Å². The van der Waals surface area contributed by atoms with Gasteiger partial charge >= 0.3 is 0 Å². The zero-order chi connectivity index (χ0) is 15.1. The van der Waals surface area contributed by atoms with E-state index in [4.69, 9.17) is 14.7 Å². The van der Waals surface area contributed by atoms with Crippen molar-refractivity contribution in [2.24, 2.45) is 5.16 Å². The van der Waals surface area contributed by atoms with Crippen LogP contribution in [0.4, 0.5) is 0 Å². The summed E-state index contributed by atoms with van der Waals surface area (Å²) in [5.74, 6) is 0.723. The van der Waals surface area contributed by atoms with Crippen LogP contribution in [-0.4, -0.2) is 42.0 Å². The Kier molecular flexibility index (Phi) is 6.02. The van der Waals surface area contributed by atoms with Gasteiger partial charge in [0.1, 0.15) is 18.5 Å². The molecule has 0 radical (unpaired) electrons. The molecule has 0 amide bonds. The Labute approximate surface area is 125 Å². The number of hydrogen-bond acceptors (Lipinski definition) is 5. The number of unbranched alkanes of at least 4 members (excludes halogenated alkanes) is 1. The standard InChI is InChI=1S/C16H23NO4/c1-2-3-8-20-10-13(18)11-21-14-5-6-15-12(9-14)4-7-16(15)17-19/h5-6,9,13,18-19H,2-4,7-8,10-11H2,1H3/b17-16+. The molecule has 1 atom stereocenters. The predicted molar refractivity (Wildman–Crippen MR) is 80.3 cm³/mol. The molecule has 0 spiro atoms. The fourth-order valence-electron chi connectivity index (χ4n) is 2.35. The van der Waals surface area contributed by atoms with Gasteiger partial charge in [-0.25, -0.2) is 0 Å². The van der Waals surface area contributed by atoms with E-state index in [1.807, 2.05) is 18.2 Å². The molecule has 1 aliphatic carbocycles. The van der Waals surface area contributed by atoms with Gasteiger partial charge < -0.3 is 19.8 Å². The van der Waals surface area contributed by atoms with Gasteiger partial charge in [-0.1, -0.05) is 18.5 Å². The number of nitrogens with zero attached hydrogens (tertiary/aromatic N) is 1. The van der Waals surface area contributed by atoms with Gasteiger partial charge in [0.15, 0.2) is 0 Å². The van der Waals surface area contributed by atoms with E-state index in [0.29, 0.717) is 13.2 Å². The lowest BCUT2D eigenvalue weighted by atomic mass is 10.1. The van der Waals surface area contributed by atoms with E-state index in [9.17, 15) is 5.11 Å². The highest BCUT2D eigenvalue weighted by Crippen LogP contribution is 2.26. The summed E-state index contributed by atoms with van der Waals surface area (Å²) < 4.78 is 10.9. The van der Waals surface area contributed by atoms with Gasteiger partial charge in [0.2, 0.25) is 0 Å². The molecule has 2 N–H and O–H groups in total. The average Bonchev–Trinajstić information content (AvgIpc) is 2.91. The molecule has 21 heavy (non-hydrogen) atoms. The number of hydrogen-bond donors (Lipinski definition) is 2. The van der Waals surface area contributed by atoms with E-state index in [1.165, 1.54) is 0 Å². The second kappa shape index (κ2) is 8.00. The van der Waals surface area contributed by atoms with Gasteiger partial charge in [-0.2, -0.15) is 0 Å². The van der Waals surface area contributed by atoms with Crippen molar-refractivity contribution in [3.63, 3.8) is 0 Å². The summed E-state index contributed by atoms with van der Waals surface area (Å²) in [6, 6.07) is 5.68. The molecule has 2 rings (SSSR count). The fraction of sp³-hybridized carbons (Fsp3) is 0.562. The largest absolute Gasteiger partial charge is 0.491 e. The van der Waals surface area contributed by atoms with E-state index < -0.39 is 6.10 Å². The number of aliphatic hydroxyl groups excluding tert-OH is 1. The van der Waals surface area contributed by atoms with Gasteiger partial charge in [-0.3, -0.25) is 0 Å². The zero-order valence-electron chi connectivity index (χ0n) is 12.4. The smallest absolute Gasteiger partial charge is 0.119 e. The molecule has 0 aliphatic heterocycles. The van der Waals surface area contributed by atoms with Gasteiger partial charge in [-0.05, 0) is 43.0 Å². The van der Waals surface area contributed by atoms with E-state index >= 15 is 0 Å². The second-order valence-electron chi connectivity index (χ2n) is 5.26. The maximum atomic E-state index is 9.78. The first-order valence-corrected chi connectivity index (χ1v) is 7.47. The number of aliphatic hydroxyl groups is 1. The zero-order valence-corrected chi connectivity index (χ0v) is 12.4. The van der Waals surface area contributed by atoms with Crippen LogP contribution in [0.25, 0.3) is 0 Å². The van der Waals surface area contributed by atoms with Crippen LogP contribution in [0.2, 0.25) is 0 Å². The average molecular weight is 293 g/mol. The van der Waals surface area contributed by atoms with Crippen LogP contribution in [0.1, 0.15) is 37.3 Å². The molecule has 1 aliphatic rings. The van der Waals surface area contributed by atoms with Gasteiger partial charge in [0, 0.05) is 12.2 Å². The fourth-order valence-corrected chi connectivity index (χ4v) is 2.35. The molecule has 0 saturated heterocycles. The summed E-state index contributed by atoms with van der Waals surface area (Å²) in [6.45, 7) is 3.29. The van der Waals surface area contributed by atoms with Crippen LogP contribution in [-0.2, 0) is 11.2 Å². The summed E-state index contributed by atoms with van der Waals surface area (Å²) in [5.41, 5.74) is 2.82. The SMILES string of the molecule is CCCCOCC(O)COc1ccc2c(c1)CC/C2=N\O. The molecular weight excluding hydrogens is 270 g/mol. The molecule has 5 heteroatoms. The number of fused-ring (bicyclic) bond motifs is 1. The van der Waals surface area contributed by atoms with Crippen molar-refractivity contribution in [3.05, 3.63) is 29.3 Å². The Bertz CT molecular complexity index is 487. The first-order chi connectivity index (χ1) is 10.2. The lowest BCUT2D eigenvalue weighted by Crippen LogP contribution is -2.23. The summed E-state index contributed by atoms with van der Waals surface area (Å²) in [6.07, 6.45) is 3.08. The number of oxime groups is 1. The quantitative estimate of drug-likeness (QED) is 0.438. The van der Waals surface area contributed by atoms with Gasteiger partial charge in [0.25, 0.3) is 0 Å². The van der Waals surface area contributed by atoms with Crippen LogP contribution >= 0.6 is 0 Å². The Morgan fingerprint density at radius 3 is 2.90 bits per heavy atom. The van der Waals surface area contributed by atoms with Crippen molar-refractivity contribution < 1.29 is 19.8 Å². The monoisotopic (exact) mass is 293 g/mol. The molecule has 0 heterocycles. The summed E-state index contributed by atoms with van der Waals surface area (Å²) >= 11 is 0. The number of rotatable bonds is 8. The molecule has 0 saturated carbocycles. The molecule has 1 aromatic carbocycles. The minimum Gasteiger partial charge on any atom is -0.491 e. The van der Waals surface area contributed by atoms with Crippen molar-refractivity contribution in [2.75, 3.05) is 19.8 Å². The molecule has 0 aromatic heterocycles. The number of ether oxygens (including phenoxy) is 2. The van der Waals surface area contributed by atoms with Crippen molar-refractivity contribution in [1.82, 2.24) is 0 Å². The molecular formula is C16H23NO4. The highest BCUT2D eigenvalue weighted by molar-refractivity contribution is 6.04. The maximum Gasteiger partial charge on any atom is 0.119 e. The van der Waals surface area contributed by atoms with Crippen LogP contribution in [0, 0.1) is 0 Å². The van der Waals surface area contributed by atoms with Crippen molar-refractivity contribution in [2.45, 2.75) is 38.7 Å². The Morgan fingerprint density at radius 1 is 1.29 bits per heavy atom. The Hall–Kier alpha value is -1.59. The molecule has 0 fully saturated rings. The second-order valence-corrected chi connectivity index (χ2v) is 5.26. The molecule has 5 nitrogen and oxygen atoms in total. The third-order valence-corrected chi connectivity index (χ3v) is 3.53. The summed E-state index contributed by atoms with van der Waals surface area (Å²) in [4.78, 5) is 0. The molecule has 1 aromatic rings. The predicted octanol–water partition coefficient (Wildman–Crippen LogP) is 2.37. The van der Waals surface area contributed by atoms with E-state index in [2.05, 4.69) is 12.1 Å².